The number of hydrogen-bond acceptors (Lipinski definition) is 6. The number of hydrogen-bond donors (Lipinski definition) is 2. The summed E-state index contributed by atoms with van der Waals surface area (Å²) in [6, 6.07) is 1.07. The third kappa shape index (κ3) is 4.54. The Balaban J connectivity index is 1.70. The average molecular weight is 374 g/mol. The minimum absolute atomic E-state index is 0.0238. The van der Waals surface area contributed by atoms with Crippen LogP contribution in [0, 0.1) is 0 Å². The van der Waals surface area contributed by atoms with Crippen LogP contribution in [-0.4, -0.2) is 56.6 Å². The highest BCUT2D eigenvalue weighted by atomic mass is 16.5. The van der Waals surface area contributed by atoms with E-state index in [0.29, 0.717) is 26.1 Å². The van der Waals surface area contributed by atoms with Crippen molar-refractivity contribution in [2.45, 2.75) is 51.9 Å². The van der Waals surface area contributed by atoms with Gasteiger partial charge in [0.1, 0.15) is 12.1 Å². The lowest BCUT2D eigenvalue weighted by atomic mass is 10.1. The van der Waals surface area contributed by atoms with E-state index in [2.05, 4.69) is 37.2 Å². The van der Waals surface area contributed by atoms with Gasteiger partial charge in [-0.3, -0.25) is 14.5 Å². The zero-order chi connectivity index (χ0) is 19.2. The van der Waals surface area contributed by atoms with Crippen LogP contribution in [0.3, 0.4) is 0 Å². The normalized spacial score (nSPS) is 19.9. The van der Waals surface area contributed by atoms with Gasteiger partial charge in [-0.25, -0.2) is 4.98 Å². The summed E-state index contributed by atoms with van der Waals surface area (Å²) in [5.41, 5.74) is 0.237. The highest BCUT2D eigenvalue weighted by Crippen LogP contribution is 2.21. The summed E-state index contributed by atoms with van der Waals surface area (Å²) in [6.07, 6.45) is 6.66. The predicted octanol–water partition coefficient (Wildman–Crippen LogP) is 0.790. The second kappa shape index (κ2) is 8.81. The van der Waals surface area contributed by atoms with Gasteiger partial charge < -0.3 is 19.7 Å². The van der Waals surface area contributed by atoms with Crippen LogP contribution in [0.1, 0.15) is 43.0 Å². The fourth-order valence-electron chi connectivity index (χ4n) is 3.45. The highest BCUT2D eigenvalue weighted by molar-refractivity contribution is 5.92. The van der Waals surface area contributed by atoms with Crippen molar-refractivity contribution < 1.29 is 14.1 Å². The summed E-state index contributed by atoms with van der Waals surface area (Å²) in [6.45, 7) is 6.61. The Morgan fingerprint density at radius 2 is 2.22 bits per heavy atom. The lowest BCUT2D eigenvalue weighted by Gasteiger charge is -2.23. The summed E-state index contributed by atoms with van der Waals surface area (Å²) in [5, 5.41) is 9.50. The van der Waals surface area contributed by atoms with E-state index in [1.165, 1.54) is 12.3 Å². The van der Waals surface area contributed by atoms with Crippen molar-refractivity contribution in [3.63, 3.8) is 0 Å². The number of amides is 2. The molecule has 1 aliphatic rings. The molecule has 2 atom stereocenters. The first-order chi connectivity index (χ1) is 13.1. The smallest absolute Gasteiger partial charge is 0.273 e. The predicted molar refractivity (Wildman–Crippen MR) is 97.8 cm³/mol. The first kappa shape index (κ1) is 19.1. The number of carbonyl (C=O) groups excluding carboxylic acids is 2. The van der Waals surface area contributed by atoms with Crippen LogP contribution < -0.4 is 10.6 Å². The van der Waals surface area contributed by atoms with Crippen molar-refractivity contribution in [1.29, 1.82) is 0 Å². The van der Waals surface area contributed by atoms with Gasteiger partial charge in [0.15, 0.2) is 5.69 Å². The van der Waals surface area contributed by atoms with Crippen molar-refractivity contribution in [2.24, 2.45) is 0 Å². The van der Waals surface area contributed by atoms with Crippen LogP contribution in [0.2, 0.25) is 0 Å². The van der Waals surface area contributed by atoms with Crippen LogP contribution in [0.5, 0.6) is 0 Å². The lowest BCUT2D eigenvalue weighted by molar-refractivity contribution is -0.125. The Kier molecular flexibility index (Phi) is 6.23. The van der Waals surface area contributed by atoms with Crippen molar-refractivity contribution in [3.8, 4) is 0 Å². The molecule has 2 aromatic rings. The number of likely N-dealkylation sites (tertiary alicyclic amines) is 1. The molecule has 0 aromatic carbocycles. The van der Waals surface area contributed by atoms with Gasteiger partial charge in [0.2, 0.25) is 5.91 Å². The van der Waals surface area contributed by atoms with Crippen LogP contribution in [0.25, 0.3) is 0 Å². The summed E-state index contributed by atoms with van der Waals surface area (Å²) in [7, 11) is 0. The maximum absolute atomic E-state index is 12.5. The van der Waals surface area contributed by atoms with E-state index in [1.807, 2.05) is 13.1 Å². The first-order valence-electron chi connectivity index (χ1n) is 9.35. The fraction of sp³-hybridized carbons (Fsp3) is 0.556. The molecule has 2 N–H and O–H groups in total. The first-order valence-corrected chi connectivity index (χ1v) is 9.35. The zero-order valence-electron chi connectivity index (χ0n) is 15.7. The van der Waals surface area contributed by atoms with Gasteiger partial charge in [0.05, 0.1) is 12.6 Å². The molecule has 0 unspecified atom stereocenters. The molecule has 0 spiro atoms. The maximum Gasteiger partial charge on any atom is 0.273 e. The van der Waals surface area contributed by atoms with Crippen molar-refractivity contribution in [2.75, 3.05) is 13.1 Å². The Morgan fingerprint density at radius 3 is 2.93 bits per heavy atom. The number of rotatable bonds is 8. The van der Waals surface area contributed by atoms with Gasteiger partial charge in [0.25, 0.3) is 5.91 Å². The number of nitrogens with one attached hydrogen (secondary N) is 2. The van der Waals surface area contributed by atoms with Gasteiger partial charge >= 0.3 is 0 Å². The monoisotopic (exact) mass is 374 g/mol. The number of aromatic nitrogens is 3. The third-order valence-corrected chi connectivity index (χ3v) is 4.67. The SMILES string of the molecule is CCCn1ccnc1CN1C[C@@H](NC(=O)c2ccon2)C[C@H]1C(=O)NCC. The van der Waals surface area contributed by atoms with Crippen LogP contribution >= 0.6 is 0 Å². The topological polar surface area (TPSA) is 105 Å². The van der Waals surface area contributed by atoms with E-state index < -0.39 is 0 Å². The van der Waals surface area contributed by atoms with E-state index >= 15 is 0 Å². The van der Waals surface area contributed by atoms with E-state index in [1.54, 1.807) is 6.20 Å². The molecule has 1 saturated heterocycles. The molecule has 1 aliphatic heterocycles. The Labute approximate surface area is 158 Å². The standard InChI is InChI=1S/C18H26N6O3/c1-3-7-23-8-6-20-16(23)12-24-11-13(10-15(24)18(26)19-4-2)21-17(25)14-5-9-27-22-14/h5-6,8-9,13,15H,3-4,7,10-12H2,1-2H3,(H,19,26)(H,21,25)/t13-,15-/m0/s1. The molecule has 2 amide bonds. The van der Waals surface area contributed by atoms with Crippen LogP contribution in [-0.2, 0) is 17.9 Å². The molecule has 3 heterocycles. The Hall–Kier alpha value is -2.68. The Morgan fingerprint density at radius 1 is 1.37 bits per heavy atom. The number of aryl methyl sites for hydroxylation is 1. The minimum atomic E-state index is -0.306. The molecular weight excluding hydrogens is 348 g/mol. The largest absolute Gasteiger partial charge is 0.364 e. The van der Waals surface area contributed by atoms with E-state index in [9.17, 15) is 9.59 Å². The summed E-state index contributed by atoms with van der Waals surface area (Å²) >= 11 is 0. The van der Waals surface area contributed by atoms with Gasteiger partial charge in [-0.1, -0.05) is 12.1 Å². The Bertz CT molecular complexity index is 757. The molecule has 146 valence electrons. The quantitative estimate of drug-likeness (QED) is 0.708. The number of imidazole rings is 1. The van der Waals surface area contributed by atoms with Crippen LogP contribution in [0.4, 0.5) is 0 Å². The third-order valence-electron chi connectivity index (χ3n) is 4.67. The molecule has 3 rings (SSSR count). The van der Waals surface area contributed by atoms with Crippen molar-refractivity contribution in [3.05, 3.63) is 36.2 Å². The lowest BCUT2D eigenvalue weighted by Crippen LogP contribution is -2.43. The fourth-order valence-corrected chi connectivity index (χ4v) is 3.45. The molecule has 0 aliphatic carbocycles. The van der Waals surface area contributed by atoms with E-state index in [4.69, 9.17) is 4.52 Å². The second-order valence-corrected chi connectivity index (χ2v) is 6.67. The molecule has 1 fully saturated rings. The summed E-state index contributed by atoms with van der Waals surface area (Å²) in [4.78, 5) is 31.3. The summed E-state index contributed by atoms with van der Waals surface area (Å²) < 4.78 is 6.83. The maximum atomic E-state index is 12.5. The van der Waals surface area contributed by atoms with Crippen molar-refractivity contribution >= 4 is 11.8 Å². The highest BCUT2D eigenvalue weighted by Gasteiger charge is 2.38. The molecule has 9 nitrogen and oxygen atoms in total. The van der Waals surface area contributed by atoms with Gasteiger partial charge in [-0.2, -0.15) is 0 Å². The van der Waals surface area contributed by atoms with Gasteiger partial charge in [-0.15, -0.1) is 0 Å². The number of carbonyl (C=O) groups is 2. The summed E-state index contributed by atoms with van der Waals surface area (Å²) in [5.74, 6) is 0.608. The van der Waals surface area contributed by atoms with Gasteiger partial charge in [-0.05, 0) is 19.8 Å². The molecule has 0 saturated carbocycles. The zero-order valence-corrected chi connectivity index (χ0v) is 15.7. The molecule has 2 aromatic heterocycles. The number of likely N-dealkylation sites (N-methyl/N-ethyl adjacent to an activating group) is 1. The van der Waals surface area contributed by atoms with Crippen molar-refractivity contribution in [1.82, 2.24) is 30.2 Å². The molecular formula is C18H26N6O3. The average Bonchev–Trinajstić information content (AvgIpc) is 3.38. The van der Waals surface area contributed by atoms with E-state index in [0.717, 1.165) is 18.8 Å². The molecule has 27 heavy (non-hydrogen) atoms. The van der Waals surface area contributed by atoms with E-state index in [-0.39, 0.29) is 29.6 Å². The minimum Gasteiger partial charge on any atom is -0.364 e. The molecule has 0 bridgehead atoms. The van der Waals surface area contributed by atoms with Crippen LogP contribution in [0.15, 0.2) is 29.2 Å². The second-order valence-electron chi connectivity index (χ2n) is 6.67. The molecule has 9 heteroatoms. The molecule has 0 radical (unpaired) electrons. The number of nitrogens with zero attached hydrogens (tertiary/aromatic N) is 4. The van der Waals surface area contributed by atoms with Gasteiger partial charge in [0, 0.05) is 44.1 Å².